The maximum Gasteiger partial charge on any atom is 0.172 e. The van der Waals surface area contributed by atoms with Crippen molar-refractivity contribution in [1.82, 2.24) is 10.3 Å². The third-order valence-electron chi connectivity index (χ3n) is 10.2. The number of Topliss-reactive ketones (excluding diaryl/α,β-unsaturated/α-hetero) is 1. The molecule has 0 amide bonds. The maximum atomic E-state index is 12.1. The van der Waals surface area contributed by atoms with Gasteiger partial charge in [0.15, 0.2) is 5.78 Å². The molecule has 3 rings (SSSR count). The summed E-state index contributed by atoms with van der Waals surface area (Å²) < 4.78 is 5.36. The van der Waals surface area contributed by atoms with Crippen molar-refractivity contribution in [2.45, 2.75) is 199 Å². The first-order chi connectivity index (χ1) is 26.8. The average molecular weight is 793 g/mol. The summed E-state index contributed by atoms with van der Waals surface area (Å²) in [5, 5.41) is 4.88. The van der Waals surface area contributed by atoms with E-state index in [9.17, 15) is 4.79 Å². The molecule has 56 heavy (non-hydrogen) atoms. The monoisotopic (exact) mass is 793 g/mol. The summed E-state index contributed by atoms with van der Waals surface area (Å²) in [7, 11) is 0. The van der Waals surface area contributed by atoms with Gasteiger partial charge in [-0.25, -0.2) is 4.98 Å². The van der Waals surface area contributed by atoms with Crippen LogP contribution in [0.15, 0.2) is 48.5 Å². The van der Waals surface area contributed by atoms with Crippen molar-refractivity contribution < 1.29 is 9.53 Å². The van der Waals surface area contributed by atoms with Gasteiger partial charge in [0.2, 0.25) is 0 Å². The van der Waals surface area contributed by atoms with E-state index in [-0.39, 0.29) is 5.78 Å². The van der Waals surface area contributed by atoms with Gasteiger partial charge in [-0.1, -0.05) is 165 Å². The average Bonchev–Trinajstić information content (AvgIpc) is 3.61. The summed E-state index contributed by atoms with van der Waals surface area (Å²) in [6.45, 7) is 33.0. The molecule has 0 radical (unpaired) electrons. The van der Waals surface area contributed by atoms with Gasteiger partial charge in [0, 0.05) is 42.5 Å². The minimum absolute atomic E-state index is 0.250. The number of nitrogens with zero attached hydrogens (tertiary/aromatic N) is 1. The normalized spacial score (nSPS) is 13.0. The number of pyridine rings is 1. The van der Waals surface area contributed by atoms with Crippen molar-refractivity contribution in [2.24, 2.45) is 17.3 Å². The Balaban J connectivity index is 0.000000805. The first kappa shape index (κ1) is 53.5. The van der Waals surface area contributed by atoms with Crippen LogP contribution in [-0.2, 0) is 17.6 Å². The molecular weight excluding hydrogens is 705 g/mol. The van der Waals surface area contributed by atoms with Crippen LogP contribution < -0.4 is 5.32 Å². The van der Waals surface area contributed by atoms with Crippen molar-refractivity contribution in [3.05, 3.63) is 70.2 Å². The number of carbonyl (C=O) groups is 1. The van der Waals surface area contributed by atoms with E-state index in [0.717, 1.165) is 72.2 Å². The van der Waals surface area contributed by atoms with Crippen LogP contribution in [0.25, 0.3) is 15.9 Å². The Hall–Kier alpha value is -2.50. The highest BCUT2D eigenvalue weighted by Crippen LogP contribution is 2.30. The lowest BCUT2D eigenvalue weighted by Gasteiger charge is -2.24. The van der Waals surface area contributed by atoms with Gasteiger partial charge in [-0.2, -0.15) is 0 Å². The van der Waals surface area contributed by atoms with Crippen LogP contribution in [0.2, 0.25) is 0 Å². The van der Waals surface area contributed by atoms with Crippen molar-refractivity contribution in [3.8, 4) is 0 Å². The molecular formula is C51H88N2O2S. The lowest BCUT2D eigenvalue weighted by atomic mass is 9.88. The highest BCUT2D eigenvalue weighted by atomic mass is 32.1. The Labute approximate surface area is 351 Å². The number of thiophene rings is 1. The van der Waals surface area contributed by atoms with Gasteiger partial charge in [0.05, 0.1) is 4.88 Å². The largest absolute Gasteiger partial charge is 0.382 e. The molecule has 3 unspecified atom stereocenters. The van der Waals surface area contributed by atoms with Gasteiger partial charge >= 0.3 is 0 Å². The molecule has 0 fully saturated rings. The van der Waals surface area contributed by atoms with Gasteiger partial charge in [0.25, 0.3) is 0 Å². The molecule has 1 aromatic carbocycles. The fourth-order valence-electron chi connectivity index (χ4n) is 6.08. The predicted octanol–water partition coefficient (Wildman–Crippen LogP) is 16.1. The van der Waals surface area contributed by atoms with Crippen molar-refractivity contribution >= 4 is 33.0 Å². The van der Waals surface area contributed by atoms with E-state index in [0.29, 0.717) is 17.9 Å². The number of aryl methyl sites for hydroxylation is 2. The number of ketones is 1. The SMILES string of the molecule is C/C=C(/NC(CCC)CC(C)CC)c1ccccc1.CCCC(=O)c1cc2cc(CCC(C)(C)C)c(CC)nc2s1.CCCCC.CCCOCCC(C)CC. The topological polar surface area (TPSA) is 51.2 Å². The molecule has 1 N–H and O–H groups in total. The molecule has 0 aliphatic rings. The second-order valence-electron chi connectivity index (χ2n) is 16.9. The molecule has 3 atom stereocenters. The van der Waals surface area contributed by atoms with Gasteiger partial charge in [-0.3, -0.25) is 4.79 Å². The van der Waals surface area contributed by atoms with Gasteiger partial charge < -0.3 is 10.1 Å². The molecule has 0 aliphatic heterocycles. The molecule has 0 aliphatic carbocycles. The molecule has 0 saturated carbocycles. The lowest BCUT2D eigenvalue weighted by Crippen LogP contribution is -2.29. The number of hydrogen-bond donors (Lipinski definition) is 1. The molecule has 5 heteroatoms. The summed E-state index contributed by atoms with van der Waals surface area (Å²) in [4.78, 5) is 18.8. The number of rotatable bonds is 22. The van der Waals surface area contributed by atoms with Crippen LogP contribution in [0.4, 0.5) is 0 Å². The highest BCUT2D eigenvalue weighted by Gasteiger charge is 2.16. The van der Waals surface area contributed by atoms with E-state index < -0.39 is 0 Å². The summed E-state index contributed by atoms with van der Waals surface area (Å²) in [5.41, 5.74) is 5.42. The fraction of sp³-hybridized carbons (Fsp3) is 0.686. The number of hydrogen-bond acceptors (Lipinski definition) is 5. The number of benzene rings is 1. The Morgan fingerprint density at radius 3 is 2.00 bits per heavy atom. The van der Waals surface area contributed by atoms with Crippen molar-refractivity contribution in [3.63, 3.8) is 0 Å². The number of ether oxygens (including phenoxy) is 1. The van der Waals surface area contributed by atoms with Crippen molar-refractivity contribution in [1.29, 1.82) is 0 Å². The first-order valence-corrected chi connectivity index (χ1v) is 23.6. The summed E-state index contributed by atoms with van der Waals surface area (Å²) in [5.74, 6) is 1.87. The zero-order valence-corrected chi connectivity index (χ0v) is 39.9. The third-order valence-corrected chi connectivity index (χ3v) is 11.3. The summed E-state index contributed by atoms with van der Waals surface area (Å²) >= 11 is 1.55. The van der Waals surface area contributed by atoms with Gasteiger partial charge in [-0.05, 0) is 98.8 Å². The standard InChI is InChI=1S/C19H27NOS.C18H29N.C9H20O.C5H12/c1-6-8-16(21)17-12-14-11-13(9-10-19(3,4)5)15(7-2)20-18(14)22-17;1-5-11-17(14-15(4)6-2)19-18(7-3)16-12-9-8-10-13-16;1-4-7-10-8-6-9(3)5-2;1-3-5-4-2/h11-12H,6-10H2,1-5H3;7-10,12-13,15,17,19H,5-6,11,14H2,1-4H3;9H,4-8H2,1-3H3;3-5H2,1-2H3/b;18-7+;;. The van der Waals surface area contributed by atoms with Gasteiger partial charge in [-0.15, -0.1) is 11.3 Å². The minimum atomic E-state index is 0.250. The highest BCUT2D eigenvalue weighted by molar-refractivity contribution is 7.20. The number of allylic oxidation sites excluding steroid dienone is 1. The third kappa shape index (κ3) is 24.3. The Bertz CT molecular complexity index is 1420. The molecule has 3 aromatic rings. The zero-order valence-electron chi connectivity index (χ0n) is 39.0. The molecule has 4 nitrogen and oxygen atoms in total. The molecule has 2 aromatic heterocycles. The van der Waals surface area contributed by atoms with Crippen LogP contribution in [-0.4, -0.2) is 30.0 Å². The lowest BCUT2D eigenvalue weighted by molar-refractivity contribution is 0.0985. The Kier molecular flexibility index (Phi) is 31.0. The number of unbranched alkanes of at least 4 members (excludes halogenated alkanes) is 2. The van der Waals surface area contributed by atoms with E-state index in [4.69, 9.17) is 9.72 Å². The number of carbonyl (C=O) groups excluding carboxylic acids is 1. The molecule has 2 heterocycles. The second kappa shape index (κ2) is 32.5. The number of nitrogens with one attached hydrogen (secondary N) is 1. The summed E-state index contributed by atoms with van der Waals surface area (Å²) in [6, 6.07) is 15.5. The van der Waals surface area contributed by atoms with E-state index in [1.165, 1.54) is 80.3 Å². The Morgan fingerprint density at radius 2 is 1.50 bits per heavy atom. The van der Waals surface area contributed by atoms with Crippen LogP contribution >= 0.6 is 11.3 Å². The number of aromatic nitrogens is 1. The zero-order chi connectivity index (χ0) is 42.4. The quantitative estimate of drug-likeness (QED) is 0.0813. The van der Waals surface area contributed by atoms with Crippen LogP contribution in [0, 0.1) is 17.3 Å². The van der Waals surface area contributed by atoms with E-state index in [1.807, 2.05) is 13.0 Å². The minimum Gasteiger partial charge on any atom is -0.382 e. The van der Waals surface area contributed by atoms with E-state index >= 15 is 0 Å². The van der Waals surface area contributed by atoms with Gasteiger partial charge in [0.1, 0.15) is 4.83 Å². The molecule has 0 spiro atoms. The predicted molar refractivity (Wildman–Crippen MR) is 252 cm³/mol. The van der Waals surface area contributed by atoms with Crippen LogP contribution in [0.5, 0.6) is 0 Å². The van der Waals surface area contributed by atoms with E-state index in [2.05, 4.69) is 138 Å². The number of fused-ring (bicyclic) bond motifs is 1. The molecule has 0 bridgehead atoms. The Morgan fingerprint density at radius 1 is 0.839 bits per heavy atom. The smallest absolute Gasteiger partial charge is 0.172 e. The maximum absolute atomic E-state index is 12.1. The van der Waals surface area contributed by atoms with Crippen LogP contribution in [0.3, 0.4) is 0 Å². The van der Waals surface area contributed by atoms with E-state index in [1.54, 1.807) is 11.3 Å². The fourth-order valence-corrected chi connectivity index (χ4v) is 7.08. The van der Waals surface area contributed by atoms with Crippen LogP contribution in [0.1, 0.15) is 207 Å². The second-order valence-corrected chi connectivity index (χ2v) is 17.9. The summed E-state index contributed by atoms with van der Waals surface area (Å²) in [6.07, 6.45) is 19.6. The van der Waals surface area contributed by atoms with Crippen molar-refractivity contribution in [2.75, 3.05) is 13.2 Å². The molecule has 0 saturated heterocycles. The molecule has 320 valence electrons. The first-order valence-electron chi connectivity index (χ1n) is 22.8.